The summed E-state index contributed by atoms with van der Waals surface area (Å²) < 4.78 is 0. The lowest BCUT2D eigenvalue weighted by atomic mass is 9.99. The lowest BCUT2D eigenvalue weighted by Crippen LogP contribution is -1.98. The fourth-order valence-electron chi connectivity index (χ4n) is 1.33. The molecule has 0 aliphatic heterocycles. The number of carboxylic acid groups (broad SMARTS) is 1. The second-order valence-electron chi connectivity index (χ2n) is 4.03. The highest BCUT2D eigenvalue weighted by Gasteiger charge is 2.02. The summed E-state index contributed by atoms with van der Waals surface area (Å²) in [5.41, 5.74) is 0.465. The van der Waals surface area contributed by atoms with E-state index in [0.717, 1.165) is 6.42 Å². The quantitative estimate of drug-likeness (QED) is 0.501. The van der Waals surface area contributed by atoms with Crippen LogP contribution in [0, 0.1) is 5.92 Å². The molecule has 0 heterocycles. The van der Waals surface area contributed by atoms with Crippen molar-refractivity contribution in [1.82, 2.24) is 0 Å². The lowest BCUT2D eigenvalue weighted by molar-refractivity contribution is -0.132. The van der Waals surface area contributed by atoms with Crippen LogP contribution < -0.4 is 0 Å². The van der Waals surface area contributed by atoms with Crippen LogP contribution in [0.25, 0.3) is 0 Å². The first kappa shape index (κ1) is 13.2. The van der Waals surface area contributed by atoms with Gasteiger partial charge in [0.2, 0.25) is 0 Å². The van der Waals surface area contributed by atoms with Gasteiger partial charge in [-0.1, -0.05) is 45.6 Å². The Hall–Kier alpha value is -0.790. The van der Waals surface area contributed by atoms with Gasteiger partial charge >= 0.3 is 5.97 Å². The van der Waals surface area contributed by atoms with Crippen molar-refractivity contribution in [2.75, 3.05) is 0 Å². The molecule has 0 aliphatic carbocycles. The van der Waals surface area contributed by atoms with Crippen molar-refractivity contribution >= 4 is 5.97 Å². The molecule has 0 spiro atoms. The molecule has 0 rings (SSSR count). The zero-order valence-corrected chi connectivity index (χ0v) is 9.55. The number of allylic oxidation sites excluding steroid dienone is 1. The normalized spacial score (nSPS) is 14.1. The third-order valence-electron chi connectivity index (χ3n) is 2.46. The number of unbranched alkanes of at least 4 members (excludes halogenated alkanes) is 2. The Kier molecular flexibility index (Phi) is 7.17. The molecular weight excluding hydrogens is 176 g/mol. The van der Waals surface area contributed by atoms with Gasteiger partial charge < -0.3 is 5.11 Å². The van der Waals surface area contributed by atoms with Gasteiger partial charge in [-0.05, 0) is 19.3 Å². The number of hydrogen-bond donors (Lipinski definition) is 1. The van der Waals surface area contributed by atoms with Crippen molar-refractivity contribution in [1.29, 1.82) is 0 Å². The van der Waals surface area contributed by atoms with Gasteiger partial charge in [-0.15, -0.1) is 0 Å². The molecule has 0 fully saturated rings. The molecule has 1 N–H and O–H groups in total. The molecule has 0 aromatic heterocycles. The molecule has 82 valence electrons. The first-order chi connectivity index (χ1) is 6.57. The summed E-state index contributed by atoms with van der Waals surface area (Å²) in [5, 5.41) is 8.64. The molecule has 1 unspecified atom stereocenters. The molecule has 0 saturated carbocycles. The van der Waals surface area contributed by atoms with E-state index in [4.69, 9.17) is 5.11 Å². The number of rotatable bonds is 7. The smallest absolute Gasteiger partial charge is 0.330 e. The van der Waals surface area contributed by atoms with Crippen LogP contribution in [-0.4, -0.2) is 11.1 Å². The molecule has 0 aliphatic rings. The van der Waals surface area contributed by atoms with Gasteiger partial charge in [-0.25, -0.2) is 4.79 Å². The van der Waals surface area contributed by atoms with E-state index in [1.807, 2.05) is 6.08 Å². The first-order valence-electron chi connectivity index (χ1n) is 5.48. The van der Waals surface area contributed by atoms with Gasteiger partial charge in [0.25, 0.3) is 0 Å². The van der Waals surface area contributed by atoms with Crippen molar-refractivity contribution in [3.05, 3.63) is 11.6 Å². The minimum Gasteiger partial charge on any atom is -0.478 e. The standard InChI is InChI=1S/C12H22O2/c1-4-5-6-7-10(2)8-9-11(3)12(13)14/h9-10H,4-8H2,1-3H3,(H,13,14). The molecule has 0 amide bonds. The molecule has 0 aromatic rings. The van der Waals surface area contributed by atoms with E-state index in [9.17, 15) is 4.79 Å². The summed E-state index contributed by atoms with van der Waals surface area (Å²) in [6.45, 7) is 6.03. The predicted octanol–water partition coefficient (Wildman–Crippen LogP) is 3.62. The van der Waals surface area contributed by atoms with Crippen molar-refractivity contribution in [3.8, 4) is 0 Å². The SMILES string of the molecule is CCCCCC(C)CC=C(C)C(=O)O. The molecule has 14 heavy (non-hydrogen) atoms. The van der Waals surface area contributed by atoms with E-state index in [-0.39, 0.29) is 0 Å². The average molecular weight is 198 g/mol. The Bertz CT molecular complexity index is 194. The zero-order valence-electron chi connectivity index (χ0n) is 9.55. The van der Waals surface area contributed by atoms with Gasteiger partial charge in [0.1, 0.15) is 0 Å². The van der Waals surface area contributed by atoms with Gasteiger partial charge in [-0.3, -0.25) is 0 Å². The summed E-state index contributed by atoms with van der Waals surface area (Å²) in [5.74, 6) is -0.193. The van der Waals surface area contributed by atoms with E-state index in [0.29, 0.717) is 11.5 Å². The zero-order chi connectivity index (χ0) is 11.0. The van der Waals surface area contributed by atoms with Crippen LogP contribution in [0.15, 0.2) is 11.6 Å². The van der Waals surface area contributed by atoms with Crippen LogP contribution >= 0.6 is 0 Å². The summed E-state index contributed by atoms with van der Waals surface area (Å²) >= 11 is 0. The first-order valence-corrected chi connectivity index (χ1v) is 5.48. The summed E-state index contributed by atoms with van der Waals surface area (Å²) in [7, 11) is 0. The van der Waals surface area contributed by atoms with E-state index >= 15 is 0 Å². The predicted molar refractivity (Wildman–Crippen MR) is 59.3 cm³/mol. The van der Waals surface area contributed by atoms with Crippen LogP contribution in [0.3, 0.4) is 0 Å². The topological polar surface area (TPSA) is 37.3 Å². The van der Waals surface area contributed by atoms with Gasteiger partial charge in [0.15, 0.2) is 0 Å². The highest BCUT2D eigenvalue weighted by Crippen LogP contribution is 2.14. The maximum atomic E-state index is 10.5. The summed E-state index contributed by atoms with van der Waals surface area (Å²) in [4.78, 5) is 10.5. The third-order valence-corrected chi connectivity index (χ3v) is 2.46. The third kappa shape index (κ3) is 6.70. The molecule has 2 heteroatoms. The highest BCUT2D eigenvalue weighted by molar-refractivity contribution is 5.85. The van der Waals surface area contributed by atoms with Crippen LogP contribution in [0.4, 0.5) is 0 Å². The molecule has 0 aromatic carbocycles. The Morgan fingerprint density at radius 1 is 1.43 bits per heavy atom. The Morgan fingerprint density at radius 3 is 2.57 bits per heavy atom. The molecule has 0 saturated heterocycles. The van der Waals surface area contributed by atoms with Crippen LogP contribution in [0.5, 0.6) is 0 Å². The fraction of sp³-hybridized carbons (Fsp3) is 0.750. The van der Waals surface area contributed by atoms with Gasteiger partial charge in [0.05, 0.1) is 0 Å². The maximum Gasteiger partial charge on any atom is 0.330 e. The molecular formula is C12H22O2. The highest BCUT2D eigenvalue weighted by atomic mass is 16.4. The van der Waals surface area contributed by atoms with Crippen molar-refractivity contribution in [2.24, 2.45) is 5.92 Å². The Morgan fingerprint density at radius 2 is 2.07 bits per heavy atom. The van der Waals surface area contributed by atoms with Gasteiger partial charge in [0, 0.05) is 5.57 Å². The van der Waals surface area contributed by atoms with Gasteiger partial charge in [-0.2, -0.15) is 0 Å². The van der Waals surface area contributed by atoms with Crippen LogP contribution in [0.1, 0.15) is 52.9 Å². The molecule has 0 radical (unpaired) electrons. The maximum absolute atomic E-state index is 10.5. The van der Waals surface area contributed by atoms with Crippen molar-refractivity contribution < 1.29 is 9.90 Å². The van der Waals surface area contributed by atoms with E-state index in [1.165, 1.54) is 25.7 Å². The minimum absolute atomic E-state index is 0.465. The number of carbonyl (C=O) groups is 1. The van der Waals surface area contributed by atoms with E-state index in [1.54, 1.807) is 6.92 Å². The number of aliphatic carboxylic acids is 1. The molecule has 2 nitrogen and oxygen atoms in total. The molecule has 0 bridgehead atoms. The second kappa shape index (κ2) is 7.60. The largest absolute Gasteiger partial charge is 0.478 e. The lowest BCUT2D eigenvalue weighted by Gasteiger charge is -2.07. The average Bonchev–Trinajstić information content (AvgIpc) is 2.14. The van der Waals surface area contributed by atoms with Crippen molar-refractivity contribution in [2.45, 2.75) is 52.9 Å². The Labute approximate surface area is 87.0 Å². The van der Waals surface area contributed by atoms with Crippen LogP contribution in [-0.2, 0) is 4.79 Å². The number of carboxylic acids is 1. The summed E-state index contributed by atoms with van der Waals surface area (Å²) in [6, 6.07) is 0. The summed E-state index contributed by atoms with van der Waals surface area (Å²) in [6.07, 6.45) is 7.72. The van der Waals surface area contributed by atoms with E-state index in [2.05, 4.69) is 13.8 Å². The minimum atomic E-state index is -0.800. The molecule has 1 atom stereocenters. The monoisotopic (exact) mass is 198 g/mol. The van der Waals surface area contributed by atoms with Crippen molar-refractivity contribution in [3.63, 3.8) is 0 Å². The Balaban J connectivity index is 3.67. The second-order valence-corrected chi connectivity index (χ2v) is 4.03. The van der Waals surface area contributed by atoms with Crippen LogP contribution in [0.2, 0.25) is 0 Å². The number of hydrogen-bond acceptors (Lipinski definition) is 1. The fourth-order valence-corrected chi connectivity index (χ4v) is 1.33. The van der Waals surface area contributed by atoms with E-state index < -0.39 is 5.97 Å².